The highest BCUT2D eigenvalue weighted by Crippen LogP contribution is 2.44. The number of carbonyl (C=O) groups is 2. The van der Waals surface area contributed by atoms with E-state index in [1.165, 1.54) is 24.3 Å². The molecule has 3 aliphatic heterocycles. The summed E-state index contributed by atoms with van der Waals surface area (Å²) in [6.07, 6.45) is -3.86. The molecule has 32 heavy (non-hydrogen) atoms. The van der Waals surface area contributed by atoms with E-state index in [1.54, 1.807) is 27.7 Å². The van der Waals surface area contributed by atoms with Gasteiger partial charge in [0.25, 0.3) is 11.6 Å². The number of anilines is 1. The molecule has 0 aliphatic carbocycles. The largest absolute Gasteiger partial charge is 0.345 e. The number of nitro benzene ring substituents is 1. The highest BCUT2D eigenvalue weighted by Gasteiger charge is 2.62. The van der Waals surface area contributed by atoms with Gasteiger partial charge in [0, 0.05) is 17.8 Å². The van der Waals surface area contributed by atoms with Crippen molar-refractivity contribution in [2.24, 2.45) is 0 Å². The van der Waals surface area contributed by atoms with E-state index in [2.05, 4.69) is 10.6 Å². The normalized spacial score (nSPS) is 31.9. The third-order valence-electron chi connectivity index (χ3n) is 5.18. The van der Waals surface area contributed by atoms with Crippen LogP contribution in [0, 0.1) is 10.1 Å². The summed E-state index contributed by atoms with van der Waals surface area (Å²) in [5.41, 5.74) is 0.0778. The molecule has 0 aromatic heterocycles. The van der Waals surface area contributed by atoms with Gasteiger partial charge in [-0.15, -0.1) is 0 Å². The SMILES string of the molecule is CC1(C)OC2OC(C(=O)NCC(=O)Nc3cccc([N+](=O)[O-])c3)C3OC(C)(C)OC3C2O1. The topological polar surface area (TPSA) is 147 Å². The summed E-state index contributed by atoms with van der Waals surface area (Å²) < 4.78 is 29.3. The van der Waals surface area contributed by atoms with Gasteiger partial charge < -0.3 is 34.3 Å². The van der Waals surface area contributed by atoms with E-state index in [-0.39, 0.29) is 17.9 Å². The van der Waals surface area contributed by atoms with Gasteiger partial charge in [0.15, 0.2) is 24.0 Å². The van der Waals surface area contributed by atoms with Crippen molar-refractivity contribution < 1.29 is 38.2 Å². The number of nitro groups is 1. The van der Waals surface area contributed by atoms with Crippen LogP contribution in [0.25, 0.3) is 0 Å². The molecule has 3 aliphatic rings. The summed E-state index contributed by atoms with van der Waals surface area (Å²) >= 11 is 0. The molecule has 2 amide bonds. The average molecular weight is 451 g/mol. The number of benzene rings is 1. The van der Waals surface area contributed by atoms with Gasteiger partial charge in [-0.25, -0.2) is 0 Å². The van der Waals surface area contributed by atoms with Crippen LogP contribution in [0.4, 0.5) is 11.4 Å². The Balaban J connectivity index is 1.40. The Bertz CT molecular complexity index is 935. The van der Waals surface area contributed by atoms with Crippen molar-refractivity contribution in [1.82, 2.24) is 5.32 Å². The fraction of sp³-hybridized carbons (Fsp3) is 0.600. The summed E-state index contributed by atoms with van der Waals surface area (Å²) in [7, 11) is 0. The third-order valence-corrected chi connectivity index (χ3v) is 5.18. The number of hydrogen-bond donors (Lipinski definition) is 2. The maximum absolute atomic E-state index is 12.9. The van der Waals surface area contributed by atoms with Crippen LogP contribution in [0.15, 0.2) is 24.3 Å². The van der Waals surface area contributed by atoms with Crippen molar-refractivity contribution in [3.8, 4) is 0 Å². The first-order chi connectivity index (χ1) is 14.9. The average Bonchev–Trinajstić information content (AvgIpc) is 3.19. The summed E-state index contributed by atoms with van der Waals surface area (Å²) in [5.74, 6) is -3.02. The smallest absolute Gasteiger partial charge is 0.271 e. The van der Waals surface area contributed by atoms with E-state index < -0.39 is 59.0 Å². The van der Waals surface area contributed by atoms with Gasteiger partial charge in [-0.3, -0.25) is 19.7 Å². The third kappa shape index (κ3) is 4.59. The molecule has 1 aromatic carbocycles. The number of carbonyl (C=O) groups excluding carboxylic acids is 2. The summed E-state index contributed by atoms with van der Waals surface area (Å²) in [4.78, 5) is 35.4. The summed E-state index contributed by atoms with van der Waals surface area (Å²) in [6, 6.07) is 5.48. The molecule has 2 N–H and O–H groups in total. The second-order valence-electron chi connectivity index (χ2n) is 8.66. The molecule has 0 bridgehead atoms. The Morgan fingerprint density at radius 1 is 1.03 bits per heavy atom. The van der Waals surface area contributed by atoms with Crippen LogP contribution in [0.3, 0.4) is 0 Å². The maximum atomic E-state index is 12.9. The van der Waals surface area contributed by atoms with Crippen LogP contribution in [-0.4, -0.2) is 65.6 Å². The molecule has 1 aromatic rings. The van der Waals surface area contributed by atoms with Crippen molar-refractivity contribution in [3.05, 3.63) is 34.4 Å². The zero-order valence-corrected chi connectivity index (χ0v) is 18.0. The first kappa shape index (κ1) is 22.6. The Morgan fingerprint density at radius 3 is 2.41 bits per heavy atom. The Kier molecular flexibility index (Phi) is 5.67. The van der Waals surface area contributed by atoms with E-state index in [0.29, 0.717) is 0 Å². The second-order valence-corrected chi connectivity index (χ2v) is 8.66. The molecule has 0 radical (unpaired) electrons. The molecule has 4 rings (SSSR count). The molecule has 5 unspecified atom stereocenters. The quantitative estimate of drug-likeness (QED) is 0.495. The van der Waals surface area contributed by atoms with E-state index >= 15 is 0 Å². The van der Waals surface area contributed by atoms with Crippen LogP contribution < -0.4 is 10.6 Å². The highest BCUT2D eigenvalue weighted by molar-refractivity contribution is 5.95. The van der Waals surface area contributed by atoms with Gasteiger partial charge in [0.1, 0.15) is 18.3 Å². The van der Waals surface area contributed by atoms with E-state index in [1.807, 2.05) is 0 Å². The fourth-order valence-corrected chi connectivity index (χ4v) is 3.99. The maximum Gasteiger partial charge on any atom is 0.271 e. The first-order valence-corrected chi connectivity index (χ1v) is 10.1. The Morgan fingerprint density at radius 2 is 1.69 bits per heavy atom. The molecule has 3 fully saturated rings. The van der Waals surface area contributed by atoms with E-state index in [0.717, 1.165) is 0 Å². The lowest BCUT2D eigenvalue weighted by molar-refractivity contribution is -0.384. The van der Waals surface area contributed by atoms with Gasteiger partial charge in [-0.2, -0.15) is 0 Å². The minimum atomic E-state index is -1.09. The lowest BCUT2D eigenvalue weighted by Crippen LogP contribution is -2.59. The number of non-ortho nitro benzene ring substituents is 1. The monoisotopic (exact) mass is 451 g/mol. The Labute approximate surface area is 183 Å². The van der Waals surface area contributed by atoms with E-state index in [4.69, 9.17) is 23.7 Å². The molecule has 0 spiro atoms. The summed E-state index contributed by atoms with van der Waals surface area (Å²) in [6.45, 7) is 6.54. The van der Waals surface area contributed by atoms with Gasteiger partial charge in [0.2, 0.25) is 5.91 Å². The minimum Gasteiger partial charge on any atom is -0.345 e. The molecular formula is C20H25N3O9. The minimum absolute atomic E-state index is 0.161. The van der Waals surface area contributed by atoms with E-state index in [9.17, 15) is 19.7 Å². The molecule has 12 nitrogen and oxygen atoms in total. The molecule has 12 heteroatoms. The molecule has 174 valence electrons. The number of nitrogens with one attached hydrogen (secondary N) is 2. The van der Waals surface area contributed by atoms with Gasteiger partial charge in [-0.1, -0.05) is 6.07 Å². The number of fused-ring (bicyclic) bond motifs is 3. The molecule has 5 atom stereocenters. The molecule has 3 saturated heterocycles. The lowest BCUT2D eigenvalue weighted by atomic mass is 9.98. The van der Waals surface area contributed by atoms with Crippen molar-refractivity contribution in [2.75, 3.05) is 11.9 Å². The van der Waals surface area contributed by atoms with Crippen LogP contribution >= 0.6 is 0 Å². The van der Waals surface area contributed by atoms with Gasteiger partial charge in [-0.05, 0) is 33.8 Å². The Hall–Kier alpha value is -2.64. The zero-order chi connectivity index (χ0) is 23.3. The standard InChI is InChI=1S/C20H25N3O9/c1-19(2)29-13-14(30-19)16-18(32-20(3,4)31-16)28-15(13)17(25)21-9-12(24)22-10-6-5-7-11(8-10)23(26)27/h5-8,13-16,18H,9H2,1-4H3,(H,21,25)(H,22,24). The number of hydrogen-bond acceptors (Lipinski definition) is 9. The predicted octanol–water partition coefficient (Wildman–Crippen LogP) is 1.05. The number of nitrogens with zero attached hydrogens (tertiary/aromatic N) is 1. The number of ether oxygens (including phenoxy) is 5. The highest BCUT2D eigenvalue weighted by atomic mass is 16.9. The molecular weight excluding hydrogens is 426 g/mol. The molecule has 0 saturated carbocycles. The number of rotatable bonds is 5. The van der Waals surface area contributed by atoms with Crippen molar-refractivity contribution in [1.29, 1.82) is 0 Å². The number of amides is 2. The van der Waals surface area contributed by atoms with Crippen LogP contribution in [0.1, 0.15) is 27.7 Å². The van der Waals surface area contributed by atoms with Crippen LogP contribution in [-0.2, 0) is 33.3 Å². The zero-order valence-electron chi connectivity index (χ0n) is 18.0. The van der Waals surface area contributed by atoms with Gasteiger partial charge in [0.05, 0.1) is 11.5 Å². The van der Waals surface area contributed by atoms with Crippen molar-refractivity contribution in [2.45, 2.75) is 70.0 Å². The van der Waals surface area contributed by atoms with Gasteiger partial charge >= 0.3 is 0 Å². The first-order valence-electron chi connectivity index (χ1n) is 10.1. The van der Waals surface area contributed by atoms with Crippen LogP contribution in [0.5, 0.6) is 0 Å². The second kappa shape index (κ2) is 8.05. The van der Waals surface area contributed by atoms with Crippen molar-refractivity contribution in [3.63, 3.8) is 0 Å². The fourth-order valence-electron chi connectivity index (χ4n) is 3.99. The predicted molar refractivity (Wildman–Crippen MR) is 107 cm³/mol. The molecule has 3 heterocycles. The van der Waals surface area contributed by atoms with Crippen molar-refractivity contribution >= 4 is 23.2 Å². The lowest BCUT2D eigenvalue weighted by Gasteiger charge is -2.36. The summed E-state index contributed by atoms with van der Waals surface area (Å²) in [5, 5.41) is 15.9. The van der Waals surface area contributed by atoms with Crippen LogP contribution in [0.2, 0.25) is 0 Å².